The Bertz CT molecular complexity index is 893. The molecule has 0 spiro atoms. The highest BCUT2D eigenvalue weighted by molar-refractivity contribution is 7.89. The predicted molar refractivity (Wildman–Crippen MR) is 98.0 cm³/mol. The average molecular weight is 393 g/mol. The van der Waals surface area contributed by atoms with Crippen LogP contribution in [0.1, 0.15) is 28.1 Å². The molecular weight excluding hydrogens is 374 g/mol. The topological polar surface area (TPSA) is 110 Å². The summed E-state index contributed by atoms with van der Waals surface area (Å²) in [7, 11) is -3.73. The van der Waals surface area contributed by atoms with Crippen LogP contribution < -0.4 is 10.5 Å². The van der Waals surface area contributed by atoms with Crippen LogP contribution in [-0.4, -0.2) is 37.7 Å². The zero-order chi connectivity index (χ0) is 18.7. The van der Waals surface area contributed by atoms with Gasteiger partial charge in [0.05, 0.1) is 9.77 Å². The number of hydrogen-bond acceptors (Lipinski definition) is 5. The van der Waals surface area contributed by atoms with E-state index >= 15 is 0 Å². The lowest BCUT2D eigenvalue weighted by Gasteiger charge is -2.23. The molecule has 0 saturated carbocycles. The summed E-state index contributed by atoms with van der Waals surface area (Å²) < 4.78 is 22.5. The second-order valence-corrected chi connectivity index (χ2v) is 8.55. The monoisotopic (exact) mass is 393 g/mol. The van der Waals surface area contributed by atoms with Gasteiger partial charge in [0.1, 0.15) is 6.04 Å². The molecule has 3 N–H and O–H groups in total. The number of nitrogens with one attached hydrogen (secondary N) is 1. The van der Waals surface area contributed by atoms with Gasteiger partial charge in [-0.05, 0) is 42.0 Å². The molecule has 2 heterocycles. The van der Waals surface area contributed by atoms with Gasteiger partial charge in [-0.2, -0.15) is 0 Å². The third kappa shape index (κ3) is 4.12. The first-order chi connectivity index (χ1) is 12.4. The Hall–Kier alpha value is -2.23. The van der Waals surface area contributed by atoms with E-state index in [-0.39, 0.29) is 23.3 Å². The highest BCUT2D eigenvalue weighted by atomic mass is 32.2. The number of primary sulfonamides is 1. The van der Waals surface area contributed by atoms with Crippen LogP contribution in [0.25, 0.3) is 0 Å². The summed E-state index contributed by atoms with van der Waals surface area (Å²) in [4.78, 5) is 27.3. The van der Waals surface area contributed by atoms with Crippen molar-refractivity contribution in [3.8, 4) is 0 Å². The van der Waals surface area contributed by atoms with Crippen LogP contribution in [0.5, 0.6) is 0 Å². The van der Waals surface area contributed by atoms with Gasteiger partial charge >= 0.3 is 0 Å². The maximum atomic E-state index is 12.5. The maximum absolute atomic E-state index is 12.5. The van der Waals surface area contributed by atoms with Crippen LogP contribution in [0.15, 0.2) is 46.7 Å². The maximum Gasteiger partial charge on any atom is 0.264 e. The van der Waals surface area contributed by atoms with Gasteiger partial charge in [0, 0.05) is 13.1 Å². The molecule has 1 aromatic carbocycles. The number of hydrogen-bond donors (Lipinski definition) is 2. The molecule has 2 amide bonds. The fraction of sp³-hybridized carbons (Fsp3) is 0.294. The normalized spacial score (nSPS) is 17.3. The lowest BCUT2D eigenvalue weighted by Crippen LogP contribution is -2.45. The van der Waals surface area contributed by atoms with Gasteiger partial charge in [-0.3, -0.25) is 9.59 Å². The first kappa shape index (κ1) is 18.6. The third-order valence-electron chi connectivity index (χ3n) is 4.27. The predicted octanol–water partition coefficient (Wildman–Crippen LogP) is 1.32. The van der Waals surface area contributed by atoms with Crippen LogP contribution >= 0.6 is 11.3 Å². The Morgan fingerprint density at radius 1 is 1.23 bits per heavy atom. The number of carbonyl (C=O) groups is 2. The van der Waals surface area contributed by atoms with Crippen molar-refractivity contribution >= 4 is 33.2 Å². The molecule has 1 atom stereocenters. The van der Waals surface area contributed by atoms with Crippen molar-refractivity contribution in [3.63, 3.8) is 0 Å². The molecule has 7 nitrogen and oxygen atoms in total. The Labute approximate surface area is 155 Å². The van der Waals surface area contributed by atoms with Crippen molar-refractivity contribution in [2.24, 2.45) is 5.14 Å². The largest absolute Gasteiger partial charge is 0.350 e. The molecule has 1 aliphatic heterocycles. The van der Waals surface area contributed by atoms with Crippen LogP contribution in [0.4, 0.5) is 0 Å². The van der Waals surface area contributed by atoms with E-state index in [0.29, 0.717) is 17.8 Å². The van der Waals surface area contributed by atoms with Gasteiger partial charge in [0.2, 0.25) is 15.9 Å². The Kier molecular flexibility index (Phi) is 5.40. The van der Waals surface area contributed by atoms with E-state index in [4.69, 9.17) is 5.14 Å². The molecule has 0 radical (unpaired) electrons. The van der Waals surface area contributed by atoms with Gasteiger partial charge < -0.3 is 10.2 Å². The summed E-state index contributed by atoms with van der Waals surface area (Å²) in [6.07, 6.45) is 1.42. The highest BCUT2D eigenvalue weighted by Gasteiger charge is 2.34. The highest BCUT2D eigenvalue weighted by Crippen LogP contribution is 2.22. The zero-order valence-corrected chi connectivity index (χ0v) is 15.6. The van der Waals surface area contributed by atoms with Crippen LogP contribution in [0.3, 0.4) is 0 Å². The summed E-state index contributed by atoms with van der Waals surface area (Å²) in [5.41, 5.74) is 0.750. The molecule has 1 fully saturated rings. The number of thiophene rings is 1. The molecule has 26 heavy (non-hydrogen) atoms. The fourth-order valence-corrected chi connectivity index (χ4v) is 4.12. The first-order valence-electron chi connectivity index (χ1n) is 8.10. The minimum atomic E-state index is -3.73. The summed E-state index contributed by atoms with van der Waals surface area (Å²) in [5, 5.41) is 9.72. The first-order valence-corrected chi connectivity index (χ1v) is 10.5. The summed E-state index contributed by atoms with van der Waals surface area (Å²) in [6, 6.07) is 9.10. The molecule has 0 unspecified atom stereocenters. The number of benzene rings is 1. The summed E-state index contributed by atoms with van der Waals surface area (Å²) in [6.45, 7) is 0.819. The van der Waals surface area contributed by atoms with Crippen LogP contribution in [0.2, 0.25) is 0 Å². The molecule has 1 aliphatic rings. The van der Waals surface area contributed by atoms with E-state index < -0.39 is 16.1 Å². The lowest BCUT2D eigenvalue weighted by atomic mass is 10.2. The molecule has 9 heteroatoms. The lowest BCUT2D eigenvalue weighted by molar-refractivity contribution is -0.125. The van der Waals surface area contributed by atoms with Crippen molar-refractivity contribution in [3.05, 3.63) is 52.2 Å². The van der Waals surface area contributed by atoms with E-state index in [1.807, 2.05) is 11.4 Å². The quantitative estimate of drug-likeness (QED) is 0.798. The zero-order valence-electron chi connectivity index (χ0n) is 13.9. The Morgan fingerprint density at radius 2 is 1.96 bits per heavy atom. The number of nitrogens with zero attached hydrogens (tertiary/aromatic N) is 1. The number of likely N-dealkylation sites (tertiary alicyclic amines) is 1. The number of carbonyl (C=O) groups excluding carboxylic acids is 2. The smallest absolute Gasteiger partial charge is 0.264 e. The van der Waals surface area contributed by atoms with Gasteiger partial charge in [-0.15, -0.1) is 11.3 Å². The summed E-state index contributed by atoms with van der Waals surface area (Å²) >= 11 is 1.36. The minimum absolute atomic E-state index is 0.0242. The van der Waals surface area contributed by atoms with Gasteiger partial charge in [-0.1, -0.05) is 18.2 Å². The Morgan fingerprint density at radius 3 is 2.58 bits per heavy atom. The standard InChI is InChI=1S/C17H19N3O4S2/c18-26(23,24)13-7-5-12(6-8-13)11-19-16(21)14-3-1-9-20(14)17(22)15-4-2-10-25-15/h2,4-8,10,14H,1,3,9,11H2,(H,19,21)(H2,18,23,24)/t14-/m1/s1. The van der Waals surface area contributed by atoms with E-state index in [1.165, 1.54) is 23.5 Å². The SMILES string of the molecule is NS(=O)(=O)c1ccc(CNC(=O)[C@H]2CCCN2C(=O)c2cccs2)cc1. The Balaban J connectivity index is 1.61. The van der Waals surface area contributed by atoms with Gasteiger partial charge in [0.25, 0.3) is 5.91 Å². The van der Waals surface area contributed by atoms with Gasteiger partial charge in [0.15, 0.2) is 0 Å². The van der Waals surface area contributed by atoms with Crippen molar-refractivity contribution < 1.29 is 18.0 Å². The van der Waals surface area contributed by atoms with E-state index in [1.54, 1.807) is 23.1 Å². The third-order valence-corrected chi connectivity index (χ3v) is 6.05. The molecule has 0 bridgehead atoms. The van der Waals surface area contributed by atoms with E-state index in [0.717, 1.165) is 12.0 Å². The second kappa shape index (κ2) is 7.56. The summed E-state index contributed by atoms with van der Waals surface area (Å²) in [5.74, 6) is -0.321. The van der Waals surface area contributed by atoms with Gasteiger partial charge in [-0.25, -0.2) is 13.6 Å². The average Bonchev–Trinajstić information content (AvgIpc) is 3.30. The molecular formula is C17H19N3O4S2. The van der Waals surface area contributed by atoms with E-state index in [9.17, 15) is 18.0 Å². The van der Waals surface area contributed by atoms with Crippen LogP contribution in [0, 0.1) is 0 Å². The van der Waals surface area contributed by atoms with Crippen molar-refractivity contribution in [2.45, 2.75) is 30.3 Å². The number of rotatable bonds is 5. The van der Waals surface area contributed by atoms with E-state index in [2.05, 4.69) is 5.32 Å². The van der Waals surface area contributed by atoms with Crippen LogP contribution in [-0.2, 0) is 21.4 Å². The number of sulfonamides is 1. The van der Waals surface area contributed by atoms with Crippen molar-refractivity contribution in [1.29, 1.82) is 0 Å². The molecule has 2 aromatic rings. The second-order valence-electron chi connectivity index (χ2n) is 6.04. The molecule has 3 rings (SSSR count). The molecule has 1 aromatic heterocycles. The molecule has 0 aliphatic carbocycles. The molecule has 138 valence electrons. The van der Waals surface area contributed by atoms with Crippen molar-refractivity contribution in [2.75, 3.05) is 6.54 Å². The fourth-order valence-electron chi connectivity index (χ4n) is 2.93. The minimum Gasteiger partial charge on any atom is -0.350 e. The number of amides is 2. The van der Waals surface area contributed by atoms with Crippen molar-refractivity contribution in [1.82, 2.24) is 10.2 Å². The molecule has 1 saturated heterocycles. The number of nitrogens with two attached hydrogens (primary N) is 1.